The highest BCUT2D eigenvalue weighted by Crippen LogP contribution is 2.28. The fourth-order valence-corrected chi connectivity index (χ4v) is 4.40. The van der Waals surface area contributed by atoms with Gasteiger partial charge in [-0.15, -0.1) is 0 Å². The number of nitrogens with zero attached hydrogens (tertiary/aromatic N) is 3. The normalized spacial score (nSPS) is 11.0. The first-order valence-corrected chi connectivity index (χ1v) is 12.2. The number of methoxy groups -OCH3 is 2. The Kier molecular flexibility index (Phi) is 8.23. The number of hydrogen-bond donors (Lipinski definition) is 0. The Hall–Kier alpha value is -3.84. The van der Waals surface area contributed by atoms with E-state index in [4.69, 9.17) is 19.2 Å². The highest BCUT2D eigenvalue weighted by atomic mass is 16.5. The average Bonchev–Trinajstić information content (AvgIpc) is 3.27. The summed E-state index contributed by atoms with van der Waals surface area (Å²) in [6.07, 6.45) is 1.65. The second kappa shape index (κ2) is 11.7. The van der Waals surface area contributed by atoms with E-state index in [0.29, 0.717) is 11.6 Å². The molecule has 0 aliphatic heterocycles. The zero-order valence-electron chi connectivity index (χ0n) is 21.4. The predicted molar refractivity (Wildman–Crippen MR) is 142 cm³/mol. The van der Waals surface area contributed by atoms with E-state index in [-0.39, 0.29) is 25.8 Å². The van der Waals surface area contributed by atoms with Crippen molar-refractivity contribution in [1.82, 2.24) is 9.55 Å². The third kappa shape index (κ3) is 5.36. The lowest BCUT2D eigenvalue weighted by molar-refractivity contribution is -0.120. The molecule has 0 atom stereocenters. The number of anilines is 1. The summed E-state index contributed by atoms with van der Waals surface area (Å²) in [6, 6.07) is 21.4. The summed E-state index contributed by atoms with van der Waals surface area (Å²) in [5.41, 5.74) is 4.89. The lowest BCUT2D eigenvalue weighted by atomic mass is 10.0. The molecular formula is C29H33N3O4. The van der Waals surface area contributed by atoms with Crippen LogP contribution in [0.1, 0.15) is 30.8 Å². The number of aromatic nitrogens is 2. The average molecular weight is 488 g/mol. The van der Waals surface area contributed by atoms with Crippen molar-refractivity contribution in [2.24, 2.45) is 0 Å². The standard InChI is InChI=1S/C29H33N3O4/c1-5-21-10-9-11-22(6-2)29(21)32(20-34-3)28(33)18-31-26-13-8-7-12-25(26)30-27(31)19-36-24-16-14-23(35-4)15-17-24/h7-17H,5-6,18-20H2,1-4H3. The quantitative estimate of drug-likeness (QED) is 0.266. The van der Waals surface area contributed by atoms with Crippen LogP contribution in [0.5, 0.6) is 11.5 Å². The lowest BCUT2D eigenvalue weighted by Crippen LogP contribution is -2.37. The molecule has 0 fully saturated rings. The van der Waals surface area contributed by atoms with Crippen molar-refractivity contribution in [1.29, 1.82) is 0 Å². The summed E-state index contributed by atoms with van der Waals surface area (Å²) in [5, 5.41) is 0. The molecule has 1 heterocycles. The number of amides is 1. The fraction of sp³-hybridized carbons (Fsp3) is 0.310. The first kappa shape index (κ1) is 25.3. The summed E-state index contributed by atoms with van der Waals surface area (Å²) in [7, 11) is 3.24. The second-order valence-corrected chi connectivity index (χ2v) is 8.44. The Balaban J connectivity index is 1.66. The number of carbonyl (C=O) groups excluding carboxylic acids is 1. The van der Waals surface area contributed by atoms with Gasteiger partial charge in [-0.05, 0) is 60.4 Å². The molecule has 0 unspecified atom stereocenters. The molecule has 4 rings (SSSR count). The number of imidazole rings is 1. The Morgan fingerprint density at radius 1 is 0.889 bits per heavy atom. The van der Waals surface area contributed by atoms with Gasteiger partial charge >= 0.3 is 0 Å². The Labute approximate surface area is 212 Å². The number of ether oxygens (including phenoxy) is 3. The third-order valence-corrected chi connectivity index (χ3v) is 6.25. The molecule has 0 saturated heterocycles. The molecule has 0 aliphatic carbocycles. The van der Waals surface area contributed by atoms with Crippen LogP contribution in [0.4, 0.5) is 5.69 Å². The summed E-state index contributed by atoms with van der Waals surface area (Å²) in [6.45, 7) is 4.72. The molecule has 4 aromatic rings. The van der Waals surface area contributed by atoms with Crippen molar-refractivity contribution in [3.8, 4) is 11.5 Å². The molecule has 0 aliphatic rings. The Bertz CT molecular complexity index is 1290. The van der Waals surface area contributed by atoms with Crippen LogP contribution in [0.25, 0.3) is 11.0 Å². The van der Waals surface area contributed by atoms with E-state index in [9.17, 15) is 4.79 Å². The molecule has 0 bridgehead atoms. The van der Waals surface area contributed by atoms with Crippen molar-refractivity contribution in [2.45, 2.75) is 39.8 Å². The van der Waals surface area contributed by atoms with Crippen LogP contribution in [0, 0.1) is 0 Å². The molecule has 0 spiro atoms. The summed E-state index contributed by atoms with van der Waals surface area (Å²) in [5.74, 6) is 2.07. The Morgan fingerprint density at radius 3 is 2.19 bits per heavy atom. The van der Waals surface area contributed by atoms with Gasteiger partial charge in [-0.1, -0.05) is 44.2 Å². The van der Waals surface area contributed by atoms with Crippen LogP contribution in [0.15, 0.2) is 66.7 Å². The number of aryl methyl sites for hydroxylation is 2. The Morgan fingerprint density at radius 2 is 1.56 bits per heavy atom. The maximum absolute atomic E-state index is 13.8. The van der Waals surface area contributed by atoms with E-state index in [1.165, 1.54) is 0 Å². The van der Waals surface area contributed by atoms with Crippen LogP contribution in [-0.4, -0.2) is 36.4 Å². The predicted octanol–water partition coefficient (Wildman–Crippen LogP) is 5.39. The van der Waals surface area contributed by atoms with Gasteiger partial charge in [0, 0.05) is 7.11 Å². The van der Waals surface area contributed by atoms with Gasteiger partial charge in [0.25, 0.3) is 0 Å². The van der Waals surface area contributed by atoms with Crippen molar-refractivity contribution in [2.75, 3.05) is 25.9 Å². The molecule has 1 amide bonds. The van der Waals surface area contributed by atoms with Crippen LogP contribution in [-0.2, 0) is 35.5 Å². The zero-order valence-corrected chi connectivity index (χ0v) is 21.4. The highest BCUT2D eigenvalue weighted by Gasteiger charge is 2.23. The molecule has 7 nitrogen and oxygen atoms in total. The molecule has 0 radical (unpaired) electrons. The van der Waals surface area contributed by atoms with Gasteiger partial charge in [0.05, 0.1) is 23.8 Å². The monoisotopic (exact) mass is 487 g/mol. The smallest absolute Gasteiger partial charge is 0.248 e. The highest BCUT2D eigenvalue weighted by molar-refractivity contribution is 5.95. The molecule has 3 aromatic carbocycles. The number of hydrogen-bond acceptors (Lipinski definition) is 5. The van der Waals surface area contributed by atoms with Crippen LogP contribution in [0.3, 0.4) is 0 Å². The van der Waals surface area contributed by atoms with E-state index in [0.717, 1.165) is 46.4 Å². The summed E-state index contributed by atoms with van der Waals surface area (Å²) in [4.78, 5) is 20.3. The second-order valence-electron chi connectivity index (χ2n) is 8.44. The largest absolute Gasteiger partial charge is 0.497 e. The van der Waals surface area contributed by atoms with Crippen LogP contribution in [0.2, 0.25) is 0 Å². The number of benzene rings is 3. The molecule has 7 heteroatoms. The minimum absolute atomic E-state index is 0.0682. The number of para-hydroxylation sites is 3. The number of fused-ring (bicyclic) bond motifs is 1. The molecular weight excluding hydrogens is 454 g/mol. The first-order chi connectivity index (χ1) is 17.6. The zero-order chi connectivity index (χ0) is 25.5. The van der Waals surface area contributed by atoms with Crippen molar-refractivity contribution < 1.29 is 19.0 Å². The van der Waals surface area contributed by atoms with Gasteiger partial charge < -0.3 is 18.8 Å². The minimum atomic E-state index is -0.0682. The molecule has 1 aromatic heterocycles. The molecule has 188 valence electrons. The van der Waals surface area contributed by atoms with Crippen molar-refractivity contribution >= 4 is 22.6 Å². The van der Waals surface area contributed by atoms with Gasteiger partial charge in [0.15, 0.2) is 0 Å². The van der Waals surface area contributed by atoms with E-state index in [1.54, 1.807) is 19.1 Å². The van der Waals surface area contributed by atoms with Crippen LogP contribution < -0.4 is 14.4 Å². The fourth-order valence-electron chi connectivity index (χ4n) is 4.40. The van der Waals surface area contributed by atoms with E-state index < -0.39 is 0 Å². The van der Waals surface area contributed by atoms with Crippen molar-refractivity contribution in [3.05, 3.63) is 83.7 Å². The maximum Gasteiger partial charge on any atom is 0.248 e. The molecule has 0 saturated carbocycles. The van der Waals surface area contributed by atoms with Gasteiger partial charge in [-0.3, -0.25) is 9.69 Å². The van der Waals surface area contributed by atoms with Crippen molar-refractivity contribution in [3.63, 3.8) is 0 Å². The number of rotatable bonds is 11. The van der Waals surface area contributed by atoms with E-state index >= 15 is 0 Å². The van der Waals surface area contributed by atoms with Gasteiger partial charge in [-0.2, -0.15) is 0 Å². The van der Waals surface area contributed by atoms with Gasteiger partial charge in [0.2, 0.25) is 5.91 Å². The maximum atomic E-state index is 13.8. The molecule has 36 heavy (non-hydrogen) atoms. The topological polar surface area (TPSA) is 65.8 Å². The number of carbonyl (C=O) groups is 1. The SMILES string of the molecule is CCc1cccc(CC)c1N(COC)C(=O)Cn1c(COc2ccc(OC)cc2)nc2ccccc21. The third-order valence-electron chi connectivity index (χ3n) is 6.25. The minimum Gasteiger partial charge on any atom is -0.497 e. The van der Waals surface area contributed by atoms with E-state index in [2.05, 4.69) is 32.0 Å². The molecule has 0 N–H and O–H groups in total. The first-order valence-electron chi connectivity index (χ1n) is 12.2. The van der Waals surface area contributed by atoms with Gasteiger partial charge in [-0.25, -0.2) is 4.98 Å². The summed E-state index contributed by atoms with van der Waals surface area (Å²) >= 11 is 0. The lowest BCUT2D eigenvalue weighted by Gasteiger charge is -2.27. The van der Waals surface area contributed by atoms with E-state index in [1.807, 2.05) is 53.1 Å². The van der Waals surface area contributed by atoms with Crippen LogP contribution >= 0.6 is 0 Å². The van der Waals surface area contributed by atoms with Gasteiger partial charge in [0.1, 0.15) is 37.2 Å². The summed E-state index contributed by atoms with van der Waals surface area (Å²) < 4.78 is 18.7.